The molecule has 0 amide bonds. The number of aromatic nitrogens is 1. The van der Waals surface area contributed by atoms with Crippen LogP contribution in [-0.4, -0.2) is 16.2 Å². The van der Waals surface area contributed by atoms with Crippen molar-refractivity contribution in [2.75, 3.05) is 0 Å². The van der Waals surface area contributed by atoms with E-state index in [9.17, 15) is 4.79 Å². The summed E-state index contributed by atoms with van der Waals surface area (Å²) in [5.41, 5.74) is 1.81. The van der Waals surface area contributed by atoms with E-state index in [0.717, 1.165) is 11.3 Å². The summed E-state index contributed by atoms with van der Waals surface area (Å²) < 4.78 is 11.4. The number of carbonyl (C=O) groups is 1. The Bertz CT molecular complexity index is 602. The van der Waals surface area contributed by atoms with E-state index < -0.39 is 5.97 Å². The average Bonchev–Trinajstić information content (AvgIpc) is 2.68. The molecule has 0 bridgehead atoms. The predicted molar refractivity (Wildman–Crippen MR) is 71.4 cm³/mol. The van der Waals surface area contributed by atoms with Crippen LogP contribution >= 0.6 is 15.9 Å². The first-order chi connectivity index (χ1) is 8.99. The van der Waals surface area contributed by atoms with Gasteiger partial charge < -0.3 is 14.4 Å². The predicted octanol–water partition coefficient (Wildman–Crippen LogP) is 3.33. The van der Waals surface area contributed by atoms with Crippen LogP contribution in [0.15, 0.2) is 27.2 Å². The van der Waals surface area contributed by atoms with Crippen LogP contribution in [0.5, 0.6) is 5.75 Å². The molecule has 0 aliphatic heterocycles. The Hall–Kier alpha value is -1.82. The summed E-state index contributed by atoms with van der Waals surface area (Å²) in [6.07, 6.45) is 0. The molecule has 1 heterocycles. The Labute approximate surface area is 118 Å². The molecule has 0 aliphatic rings. The first-order valence-corrected chi connectivity index (χ1v) is 6.35. The molecule has 0 unspecified atom stereocenters. The highest BCUT2D eigenvalue weighted by Gasteiger charge is 2.12. The number of halogens is 1. The van der Waals surface area contributed by atoms with Gasteiger partial charge in [0.15, 0.2) is 0 Å². The number of aryl methyl sites for hydroxylation is 2. The maximum absolute atomic E-state index is 10.9. The monoisotopic (exact) mass is 325 g/mol. The third kappa shape index (κ3) is 2.96. The lowest BCUT2D eigenvalue weighted by molar-refractivity contribution is 0.0696. The maximum atomic E-state index is 10.9. The summed E-state index contributed by atoms with van der Waals surface area (Å²) in [4.78, 5) is 10.9. The molecule has 6 heteroatoms. The van der Waals surface area contributed by atoms with Crippen molar-refractivity contribution in [1.29, 1.82) is 0 Å². The zero-order chi connectivity index (χ0) is 14.0. The highest BCUT2D eigenvalue weighted by molar-refractivity contribution is 9.10. The zero-order valence-electron chi connectivity index (χ0n) is 10.4. The molecule has 2 aromatic rings. The molecule has 100 valence electrons. The van der Waals surface area contributed by atoms with E-state index in [1.54, 1.807) is 13.0 Å². The number of carboxylic acids is 1. The third-order valence-electron chi connectivity index (χ3n) is 2.73. The number of aromatic carboxylic acids is 1. The van der Waals surface area contributed by atoms with Crippen LogP contribution in [-0.2, 0) is 6.61 Å². The summed E-state index contributed by atoms with van der Waals surface area (Å²) >= 11 is 3.32. The van der Waals surface area contributed by atoms with Gasteiger partial charge in [0.25, 0.3) is 0 Å². The molecule has 19 heavy (non-hydrogen) atoms. The molecule has 0 saturated carbocycles. The van der Waals surface area contributed by atoms with Crippen LogP contribution in [0.4, 0.5) is 0 Å². The van der Waals surface area contributed by atoms with Gasteiger partial charge in [-0.15, -0.1) is 0 Å². The summed E-state index contributed by atoms with van der Waals surface area (Å²) in [5, 5.41) is 12.8. The number of hydrogen-bond donors (Lipinski definition) is 1. The molecule has 0 spiro atoms. The second kappa shape index (κ2) is 5.44. The largest absolute Gasteiger partial charge is 0.487 e. The van der Waals surface area contributed by atoms with Crippen molar-refractivity contribution >= 4 is 21.9 Å². The van der Waals surface area contributed by atoms with E-state index in [4.69, 9.17) is 14.4 Å². The number of nitrogens with zero attached hydrogens (tertiary/aromatic N) is 1. The van der Waals surface area contributed by atoms with Crippen molar-refractivity contribution in [3.05, 3.63) is 45.3 Å². The number of rotatable bonds is 4. The van der Waals surface area contributed by atoms with Crippen molar-refractivity contribution in [3.63, 3.8) is 0 Å². The van der Waals surface area contributed by atoms with Crippen LogP contribution in [0.2, 0.25) is 0 Å². The van der Waals surface area contributed by atoms with Crippen LogP contribution in [0, 0.1) is 13.8 Å². The first kappa shape index (κ1) is 13.6. The highest BCUT2D eigenvalue weighted by atomic mass is 79.9. The minimum absolute atomic E-state index is 0.178. The standard InChI is InChI=1S/C13H12BrNO4/c1-7-10(8(2)19-15-7)6-18-12-5-9(13(16)17)3-4-11(12)14/h3-5H,6H2,1-2H3,(H,16,17). The molecular formula is C13H12BrNO4. The van der Waals surface area contributed by atoms with Crippen molar-refractivity contribution < 1.29 is 19.2 Å². The Kier molecular flexibility index (Phi) is 3.90. The van der Waals surface area contributed by atoms with E-state index >= 15 is 0 Å². The minimum Gasteiger partial charge on any atom is -0.487 e. The molecule has 1 N–H and O–H groups in total. The molecule has 1 aromatic carbocycles. The fraction of sp³-hybridized carbons (Fsp3) is 0.231. The molecule has 0 radical (unpaired) electrons. The lowest BCUT2D eigenvalue weighted by Gasteiger charge is -2.08. The number of carboxylic acid groups (broad SMARTS) is 1. The number of hydrogen-bond acceptors (Lipinski definition) is 4. The van der Waals surface area contributed by atoms with Crippen LogP contribution in [0.25, 0.3) is 0 Å². The maximum Gasteiger partial charge on any atom is 0.335 e. The lowest BCUT2D eigenvalue weighted by atomic mass is 10.2. The van der Waals surface area contributed by atoms with Crippen LogP contribution in [0.3, 0.4) is 0 Å². The van der Waals surface area contributed by atoms with E-state index in [1.807, 2.05) is 6.92 Å². The fourth-order valence-corrected chi connectivity index (χ4v) is 1.97. The smallest absolute Gasteiger partial charge is 0.335 e. The van der Waals surface area contributed by atoms with Gasteiger partial charge in [0, 0.05) is 0 Å². The van der Waals surface area contributed by atoms with Crippen LogP contribution in [0.1, 0.15) is 27.4 Å². The summed E-state index contributed by atoms with van der Waals surface area (Å²) in [5.74, 6) is 0.178. The molecule has 0 saturated heterocycles. The summed E-state index contributed by atoms with van der Waals surface area (Å²) in [6, 6.07) is 4.63. The molecule has 5 nitrogen and oxygen atoms in total. The fourth-order valence-electron chi connectivity index (χ4n) is 1.60. The molecule has 2 rings (SSSR count). The van der Waals surface area contributed by atoms with E-state index in [0.29, 0.717) is 16.0 Å². The Morgan fingerprint density at radius 3 is 2.79 bits per heavy atom. The van der Waals surface area contributed by atoms with Gasteiger partial charge in [0.05, 0.1) is 21.3 Å². The highest BCUT2D eigenvalue weighted by Crippen LogP contribution is 2.27. The lowest BCUT2D eigenvalue weighted by Crippen LogP contribution is -2.01. The number of benzene rings is 1. The van der Waals surface area contributed by atoms with Crippen LogP contribution < -0.4 is 4.74 Å². The average molecular weight is 326 g/mol. The zero-order valence-corrected chi connectivity index (χ0v) is 12.0. The van der Waals surface area contributed by atoms with E-state index in [2.05, 4.69) is 21.1 Å². The normalized spacial score (nSPS) is 10.5. The minimum atomic E-state index is -0.991. The molecule has 0 fully saturated rings. The van der Waals surface area contributed by atoms with Crippen molar-refractivity contribution in [1.82, 2.24) is 5.16 Å². The summed E-state index contributed by atoms with van der Waals surface area (Å²) in [7, 11) is 0. The summed E-state index contributed by atoms with van der Waals surface area (Å²) in [6.45, 7) is 3.92. The SMILES string of the molecule is Cc1noc(C)c1COc1cc(C(=O)O)ccc1Br. The van der Waals surface area contributed by atoms with Gasteiger partial charge in [-0.1, -0.05) is 5.16 Å². The Balaban J connectivity index is 2.20. The third-order valence-corrected chi connectivity index (χ3v) is 3.39. The van der Waals surface area contributed by atoms with Crippen molar-refractivity contribution in [2.24, 2.45) is 0 Å². The molecular weight excluding hydrogens is 314 g/mol. The van der Waals surface area contributed by atoms with Gasteiger partial charge in [-0.25, -0.2) is 4.79 Å². The van der Waals surface area contributed by atoms with Crippen molar-refractivity contribution in [2.45, 2.75) is 20.5 Å². The van der Waals surface area contributed by atoms with E-state index in [-0.39, 0.29) is 12.2 Å². The van der Waals surface area contributed by atoms with E-state index in [1.165, 1.54) is 12.1 Å². The Morgan fingerprint density at radius 2 is 2.21 bits per heavy atom. The topological polar surface area (TPSA) is 72.6 Å². The second-order valence-corrected chi connectivity index (χ2v) is 4.90. The van der Waals surface area contributed by atoms with Crippen molar-refractivity contribution in [3.8, 4) is 5.75 Å². The van der Waals surface area contributed by atoms with Gasteiger partial charge in [-0.3, -0.25) is 0 Å². The number of ether oxygens (including phenoxy) is 1. The van der Waals surface area contributed by atoms with Gasteiger partial charge in [-0.2, -0.15) is 0 Å². The molecule has 0 atom stereocenters. The second-order valence-electron chi connectivity index (χ2n) is 4.04. The molecule has 1 aromatic heterocycles. The Morgan fingerprint density at radius 1 is 1.47 bits per heavy atom. The first-order valence-electron chi connectivity index (χ1n) is 5.56. The van der Waals surface area contributed by atoms with Gasteiger partial charge in [-0.05, 0) is 48.0 Å². The van der Waals surface area contributed by atoms with Gasteiger partial charge in [0.2, 0.25) is 0 Å². The quantitative estimate of drug-likeness (QED) is 0.933. The van der Waals surface area contributed by atoms with Gasteiger partial charge in [0.1, 0.15) is 18.1 Å². The molecule has 0 aliphatic carbocycles. The van der Waals surface area contributed by atoms with Gasteiger partial charge >= 0.3 is 5.97 Å².